The molecule has 0 saturated heterocycles. The van der Waals surface area contributed by atoms with Crippen molar-refractivity contribution in [2.24, 2.45) is 0 Å². The summed E-state index contributed by atoms with van der Waals surface area (Å²) in [5, 5.41) is 2.79. The van der Waals surface area contributed by atoms with E-state index >= 15 is 0 Å². The summed E-state index contributed by atoms with van der Waals surface area (Å²) < 4.78 is 11.8. The van der Waals surface area contributed by atoms with Gasteiger partial charge >= 0.3 is 0 Å². The van der Waals surface area contributed by atoms with Crippen LogP contribution in [0, 0.1) is 6.92 Å². The van der Waals surface area contributed by atoms with Crippen LogP contribution in [-0.4, -0.2) is 36.7 Å². The van der Waals surface area contributed by atoms with Crippen LogP contribution in [0.15, 0.2) is 59.4 Å². The Hall–Kier alpha value is -3.81. The number of ether oxygens (including phenoxy) is 2. The molecule has 2 aromatic carbocycles. The van der Waals surface area contributed by atoms with Crippen molar-refractivity contribution < 1.29 is 14.3 Å². The van der Waals surface area contributed by atoms with Gasteiger partial charge in [0.2, 0.25) is 11.9 Å². The second-order valence-electron chi connectivity index (χ2n) is 7.08. The number of hydrogen-bond acceptors (Lipinski definition) is 6. The van der Waals surface area contributed by atoms with E-state index < -0.39 is 0 Å². The Morgan fingerprint density at radius 2 is 1.77 bits per heavy atom. The first-order valence-corrected chi connectivity index (χ1v) is 9.76. The van der Waals surface area contributed by atoms with Gasteiger partial charge in [0.25, 0.3) is 5.56 Å². The number of benzene rings is 2. The van der Waals surface area contributed by atoms with Crippen molar-refractivity contribution in [2.75, 3.05) is 31.5 Å². The van der Waals surface area contributed by atoms with Crippen LogP contribution >= 0.6 is 0 Å². The van der Waals surface area contributed by atoms with E-state index in [0.29, 0.717) is 35.4 Å². The molecule has 0 radical (unpaired) electrons. The van der Waals surface area contributed by atoms with Crippen molar-refractivity contribution in [2.45, 2.75) is 20.0 Å². The van der Waals surface area contributed by atoms with Crippen LogP contribution in [0.25, 0.3) is 0 Å². The summed E-state index contributed by atoms with van der Waals surface area (Å²) in [5.74, 6) is 1.13. The number of rotatable bonds is 8. The van der Waals surface area contributed by atoms with Crippen molar-refractivity contribution in [3.8, 4) is 11.5 Å². The molecule has 1 N–H and O–H groups in total. The van der Waals surface area contributed by atoms with Crippen LogP contribution in [0.5, 0.6) is 11.5 Å². The molecule has 1 aromatic heterocycles. The zero-order chi connectivity index (χ0) is 22.4. The van der Waals surface area contributed by atoms with Crippen LogP contribution in [0.1, 0.15) is 11.3 Å². The van der Waals surface area contributed by atoms with Crippen molar-refractivity contribution in [1.82, 2.24) is 9.55 Å². The van der Waals surface area contributed by atoms with Crippen LogP contribution in [0.2, 0.25) is 0 Å². The molecule has 0 aliphatic heterocycles. The summed E-state index contributed by atoms with van der Waals surface area (Å²) in [6.45, 7) is 2.14. The van der Waals surface area contributed by atoms with Crippen LogP contribution in [-0.2, 0) is 17.9 Å². The maximum atomic E-state index is 12.7. The second-order valence-corrected chi connectivity index (χ2v) is 7.08. The van der Waals surface area contributed by atoms with Gasteiger partial charge in [-0.05, 0) is 24.6 Å². The molecular weight excluding hydrogens is 396 g/mol. The lowest BCUT2D eigenvalue weighted by Crippen LogP contribution is -2.34. The summed E-state index contributed by atoms with van der Waals surface area (Å²) in [6, 6.07) is 16.3. The van der Waals surface area contributed by atoms with Gasteiger partial charge < -0.3 is 19.7 Å². The Balaban J connectivity index is 1.82. The Kier molecular flexibility index (Phi) is 6.92. The van der Waals surface area contributed by atoms with E-state index in [1.807, 2.05) is 42.3 Å². The number of carbonyl (C=O) groups is 1. The highest BCUT2D eigenvalue weighted by Gasteiger charge is 2.16. The Morgan fingerprint density at radius 3 is 2.45 bits per heavy atom. The summed E-state index contributed by atoms with van der Waals surface area (Å²) in [5.41, 5.74) is 1.92. The number of nitrogens with one attached hydrogen (secondary N) is 1. The van der Waals surface area contributed by atoms with Crippen LogP contribution in [0.3, 0.4) is 0 Å². The SMILES string of the molecule is COc1ccc(NC(=O)Cn2c(N(C)Cc3ccccc3)nc(C)cc2=O)cc1OC. The minimum atomic E-state index is -0.352. The molecule has 0 aliphatic carbocycles. The molecule has 0 atom stereocenters. The highest BCUT2D eigenvalue weighted by Crippen LogP contribution is 2.29. The van der Waals surface area contributed by atoms with Gasteiger partial charge in [0.15, 0.2) is 11.5 Å². The lowest BCUT2D eigenvalue weighted by molar-refractivity contribution is -0.116. The van der Waals surface area contributed by atoms with Gasteiger partial charge in [0.1, 0.15) is 6.54 Å². The number of amides is 1. The van der Waals surface area contributed by atoms with E-state index in [0.717, 1.165) is 5.56 Å². The van der Waals surface area contributed by atoms with Gasteiger partial charge in [-0.15, -0.1) is 0 Å². The Bertz CT molecular complexity index is 1110. The number of aryl methyl sites for hydroxylation is 1. The predicted molar refractivity (Wildman–Crippen MR) is 120 cm³/mol. The molecule has 0 unspecified atom stereocenters. The predicted octanol–water partition coefficient (Wildman–Crippen LogP) is 2.84. The number of methoxy groups -OCH3 is 2. The van der Waals surface area contributed by atoms with E-state index in [1.54, 1.807) is 32.2 Å². The van der Waals surface area contributed by atoms with Gasteiger partial charge in [0, 0.05) is 37.1 Å². The van der Waals surface area contributed by atoms with E-state index in [2.05, 4.69) is 10.3 Å². The molecule has 0 saturated carbocycles. The number of nitrogens with zero attached hydrogens (tertiary/aromatic N) is 3. The zero-order valence-corrected chi connectivity index (χ0v) is 18.1. The summed E-state index contributed by atoms with van der Waals surface area (Å²) >= 11 is 0. The fraction of sp³-hybridized carbons (Fsp3) is 0.261. The fourth-order valence-electron chi connectivity index (χ4n) is 3.23. The van der Waals surface area contributed by atoms with Crippen molar-refractivity contribution in [1.29, 1.82) is 0 Å². The molecule has 3 rings (SSSR count). The standard InChI is InChI=1S/C23H26N4O4/c1-16-12-22(29)27(23(24-16)26(2)14-17-8-6-5-7-9-17)15-21(28)25-18-10-11-19(30-3)20(13-18)31-4/h5-13H,14-15H2,1-4H3,(H,25,28). The molecule has 3 aromatic rings. The van der Waals surface area contributed by atoms with Gasteiger partial charge in [-0.25, -0.2) is 4.98 Å². The fourth-order valence-corrected chi connectivity index (χ4v) is 3.23. The lowest BCUT2D eigenvalue weighted by Gasteiger charge is -2.22. The molecule has 0 spiro atoms. The average molecular weight is 422 g/mol. The minimum Gasteiger partial charge on any atom is -0.493 e. The minimum absolute atomic E-state index is 0.172. The molecular formula is C23H26N4O4. The van der Waals surface area contributed by atoms with E-state index in [-0.39, 0.29) is 18.0 Å². The summed E-state index contributed by atoms with van der Waals surface area (Å²) in [4.78, 5) is 31.8. The molecule has 0 aliphatic rings. The molecule has 1 heterocycles. The molecule has 1 amide bonds. The highest BCUT2D eigenvalue weighted by atomic mass is 16.5. The first-order valence-electron chi connectivity index (χ1n) is 9.76. The molecule has 0 fully saturated rings. The van der Waals surface area contributed by atoms with E-state index in [9.17, 15) is 9.59 Å². The molecule has 31 heavy (non-hydrogen) atoms. The van der Waals surface area contributed by atoms with Gasteiger partial charge in [-0.2, -0.15) is 0 Å². The zero-order valence-electron chi connectivity index (χ0n) is 18.1. The van der Waals surface area contributed by atoms with E-state index in [4.69, 9.17) is 9.47 Å². The van der Waals surface area contributed by atoms with E-state index in [1.165, 1.54) is 17.7 Å². The monoisotopic (exact) mass is 422 g/mol. The molecule has 8 heteroatoms. The second kappa shape index (κ2) is 9.80. The topological polar surface area (TPSA) is 85.7 Å². The smallest absolute Gasteiger partial charge is 0.255 e. The maximum Gasteiger partial charge on any atom is 0.255 e. The number of carbonyl (C=O) groups excluding carboxylic acids is 1. The average Bonchev–Trinajstić information content (AvgIpc) is 2.76. The largest absolute Gasteiger partial charge is 0.493 e. The van der Waals surface area contributed by atoms with Gasteiger partial charge in [0.05, 0.1) is 14.2 Å². The van der Waals surface area contributed by atoms with Crippen molar-refractivity contribution >= 4 is 17.5 Å². The number of anilines is 2. The molecule has 0 bridgehead atoms. The first kappa shape index (κ1) is 21.9. The number of hydrogen-bond donors (Lipinski definition) is 1. The van der Waals surface area contributed by atoms with Gasteiger partial charge in [-0.3, -0.25) is 14.2 Å². The van der Waals surface area contributed by atoms with Crippen molar-refractivity contribution in [3.63, 3.8) is 0 Å². The van der Waals surface area contributed by atoms with Crippen LogP contribution < -0.4 is 25.2 Å². The van der Waals surface area contributed by atoms with Gasteiger partial charge in [-0.1, -0.05) is 30.3 Å². The quantitative estimate of drug-likeness (QED) is 0.601. The van der Waals surface area contributed by atoms with Crippen LogP contribution in [0.4, 0.5) is 11.6 Å². The number of aromatic nitrogens is 2. The lowest BCUT2D eigenvalue weighted by atomic mass is 10.2. The molecule has 162 valence electrons. The third-order valence-corrected chi connectivity index (χ3v) is 4.69. The maximum absolute atomic E-state index is 12.7. The third-order valence-electron chi connectivity index (χ3n) is 4.69. The van der Waals surface area contributed by atoms with Crippen molar-refractivity contribution in [3.05, 3.63) is 76.2 Å². The first-order chi connectivity index (χ1) is 14.9. The summed E-state index contributed by atoms with van der Waals surface area (Å²) in [6.07, 6.45) is 0. The Morgan fingerprint density at radius 1 is 1.06 bits per heavy atom. The Labute approximate surface area is 181 Å². The normalized spacial score (nSPS) is 10.5. The molecule has 8 nitrogen and oxygen atoms in total. The third kappa shape index (κ3) is 5.42. The highest BCUT2D eigenvalue weighted by molar-refractivity contribution is 5.91. The summed E-state index contributed by atoms with van der Waals surface area (Å²) in [7, 11) is 4.91.